The highest BCUT2D eigenvalue weighted by atomic mass is 15.1. The Bertz CT molecular complexity index is 3400. The van der Waals surface area contributed by atoms with E-state index in [2.05, 4.69) is 254 Å². The predicted molar refractivity (Wildman–Crippen MR) is 262 cm³/mol. The first-order valence-corrected chi connectivity index (χ1v) is 21.5. The van der Waals surface area contributed by atoms with E-state index in [4.69, 9.17) is 0 Å². The van der Waals surface area contributed by atoms with Crippen molar-refractivity contribution in [3.8, 4) is 33.4 Å². The Labute approximate surface area is 362 Å². The summed E-state index contributed by atoms with van der Waals surface area (Å²) < 4.78 is 0. The van der Waals surface area contributed by atoms with Gasteiger partial charge < -0.3 is 4.90 Å². The molecular formula is C61H41N. The second-order valence-electron chi connectivity index (χ2n) is 16.4. The Kier molecular flexibility index (Phi) is 8.47. The molecule has 0 aromatic heterocycles. The first-order chi connectivity index (χ1) is 30.8. The monoisotopic (exact) mass is 787 g/mol. The lowest BCUT2D eigenvalue weighted by Crippen LogP contribution is -2.29. The van der Waals surface area contributed by atoms with Crippen LogP contribution in [0.4, 0.5) is 17.1 Å². The number of fused-ring (bicyclic) bond motifs is 7. The van der Waals surface area contributed by atoms with Gasteiger partial charge in [0.2, 0.25) is 0 Å². The number of para-hydroxylation sites is 1. The zero-order valence-corrected chi connectivity index (χ0v) is 34.1. The first-order valence-electron chi connectivity index (χ1n) is 21.5. The maximum atomic E-state index is 2.53. The third-order valence-corrected chi connectivity index (χ3v) is 13.1. The quantitative estimate of drug-likeness (QED) is 0.145. The van der Waals surface area contributed by atoms with Gasteiger partial charge in [-0.25, -0.2) is 0 Å². The Morgan fingerprint density at radius 1 is 0.290 bits per heavy atom. The molecule has 11 aromatic rings. The standard InChI is InChI=1S/C61H41N/c1-5-20-42(21-6-1)44-36-38-52-53-39-37-48(41-58(53)61(57(52)40-44,45-24-7-2-8-25-45)46-26-9-3-10-27-46)62(47-28-11-4-12-29-47)60-56-34-18-16-32-51(56)50-31-15-17-33-55(50)59(60)54-35-19-23-43-22-13-14-30-49(43)54/h1-41H. The molecular weight excluding hydrogens is 747 g/mol. The van der Waals surface area contributed by atoms with Crippen molar-refractivity contribution in [1.29, 1.82) is 0 Å². The zero-order chi connectivity index (χ0) is 41.0. The highest BCUT2D eigenvalue weighted by Crippen LogP contribution is 2.59. The molecule has 12 rings (SSSR count). The number of rotatable bonds is 7. The normalized spacial score (nSPS) is 12.6. The summed E-state index contributed by atoms with van der Waals surface area (Å²) in [6.07, 6.45) is 0. The first kappa shape index (κ1) is 35.9. The summed E-state index contributed by atoms with van der Waals surface area (Å²) in [6.45, 7) is 0. The molecule has 0 atom stereocenters. The van der Waals surface area contributed by atoms with Gasteiger partial charge in [0, 0.05) is 22.3 Å². The molecule has 0 heterocycles. The highest BCUT2D eigenvalue weighted by molar-refractivity contribution is 6.24. The molecule has 0 saturated heterocycles. The SMILES string of the molecule is c1ccc(-c2ccc3c(c2)C(c2ccccc2)(c2ccccc2)c2cc(N(c4ccccc4)c4c(-c5cccc6ccccc56)c5ccccc5c5ccccc45)ccc2-3)cc1. The molecule has 290 valence electrons. The van der Waals surface area contributed by atoms with Gasteiger partial charge in [-0.3, -0.25) is 0 Å². The zero-order valence-electron chi connectivity index (χ0n) is 34.1. The molecule has 0 unspecified atom stereocenters. The molecule has 0 saturated carbocycles. The molecule has 0 amide bonds. The second-order valence-corrected chi connectivity index (χ2v) is 16.4. The summed E-state index contributed by atoms with van der Waals surface area (Å²) in [6, 6.07) is 91.9. The molecule has 0 spiro atoms. The fourth-order valence-electron chi connectivity index (χ4n) is 10.5. The lowest BCUT2D eigenvalue weighted by Gasteiger charge is -2.35. The second kappa shape index (κ2) is 14.6. The van der Waals surface area contributed by atoms with E-state index >= 15 is 0 Å². The molecule has 0 fully saturated rings. The van der Waals surface area contributed by atoms with Gasteiger partial charge in [-0.2, -0.15) is 0 Å². The van der Waals surface area contributed by atoms with Crippen molar-refractivity contribution >= 4 is 49.4 Å². The number of benzene rings is 11. The lowest BCUT2D eigenvalue weighted by molar-refractivity contribution is 0.768. The predicted octanol–water partition coefficient (Wildman–Crippen LogP) is 16.3. The Balaban J connectivity index is 1.21. The molecule has 0 N–H and O–H groups in total. The Hall–Kier alpha value is -8.00. The van der Waals surface area contributed by atoms with E-state index in [1.165, 1.54) is 88.0 Å². The van der Waals surface area contributed by atoms with E-state index in [0.717, 1.165) is 17.1 Å². The minimum atomic E-state index is -0.597. The van der Waals surface area contributed by atoms with E-state index in [-0.39, 0.29) is 0 Å². The van der Waals surface area contributed by atoms with Crippen LogP contribution in [-0.4, -0.2) is 0 Å². The fourth-order valence-corrected chi connectivity index (χ4v) is 10.5. The van der Waals surface area contributed by atoms with E-state index in [1.807, 2.05) is 0 Å². The summed E-state index contributed by atoms with van der Waals surface area (Å²) in [5.74, 6) is 0. The molecule has 0 radical (unpaired) electrons. The average molecular weight is 788 g/mol. The number of hydrogen-bond donors (Lipinski definition) is 0. The van der Waals surface area contributed by atoms with Crippen LogP contribution in [0.25, 0.3) is 65.7 Å². The van der Waals surface area contributed by atoms with Gasteiger partial charge >= 0.3 is 0 Å². The molecule has 1 aliphatic carbocycles. The van der Waals surface area contributed by atoms with E-state index in [9.17, 15) is 0 Å². The van der Waals surface area contributed by atoms with Gasteiger partial charge in [-0.15, -0.1) is 0 Å². The van der Waals surface area contributed by atoms with Crippen LogP contribution in [0.5, 0.6) is 0 Å². The highest BCUT2D eigenvalue weighted by Gasteiger charge is 2.46. The molecule has 0 bridgehead atoms. The van der Waals surface area contributed by atoms with E-state index in [0.29, 0.717) is 0 Å². The number of hydrogen-bond acceptors (Lipinski definition) is 1. The molecule has 0 aliphatic heterocycles. The minimum absolute atomic E-state index is 0.597. The van der Waals surface area contributed by atoms with Crippen molar-refractivity contribution in [2.45, 2.75) is 5.41 Å². The van der Waals surface area contributed by atoms with Gasteiger partial charge in [0.15, 0.2) is 0 Å². The molecule has 1 heteroatoms. The summed E-state index contributed by atoms with van der Waals surface area (Å²) in [5, 5.41) is 7.35. The van der Waals surface area contributed by atoms with Gasteiger partial charge in [-0.1, -0.05) is 218 Å². The maximum Gasteiger partial charge on any atom is 0.0714 e. The van der Waals surface area contributed by atoms with Crippen LogP contribution in [0, 0.1) is 0 Å². The van der Waals surface area contributed by atoms with Crippen LogP contribution < -0.4 is 4.90 Å². The number of anilines is 3. The molecule has 62 heavy (non-hydrogen) atoms. The number of nitrogens with zero attached hydrogens (tertiary/aromatic N) is 1. The van der Waals surface area contributed by atoms with Crippen LogP contribution in [0.1, 0.15) is 22.3 Å². The molecule has 1 nitrogen and oxygen atoms in total. The smallest absolute Gasteiger partial charge is 0.0714 e. The summed E-state index contributed by atoms with van der Waals surface area (Å²) in [7, 11) is 0. The van der Waals surface area contributed by atoms with Crippen LogP contribution in [-0.2, 0) is 5.41 Å². The molecule has 1 aliphatic rings. The third-order valence-electron chi connectivity index (χ3n) is 13.1. The molecule has 11 aromatic carbocycles. The van der Waals surface area contributed by atoms with Crippen LogP contribution >= 0.6 is 0 Å². The van der Waals surface area contributed by atoms with Crippen LogP contribution in [0.2, 0.25) is 0 Å². The van der Waals surface area contributed by atoms with E-state index in [1.54, 1.807) is 0 Å². The van der Waals surface area contributed by atoms with Crippen LogP contribution in [0.3, 0.4) is 0 Å². The van der Waals surface area contributed by atoms with Crippen molar-refractivity contribution in [2.24, 2.45) is 0 Å². The topological polar surface area (TPSA) is 3.24 Å². The summed E-state index contributed by atoms with van der Waals surface area (Å²) in [4.78, 5) is 2.53. The van der Waals surface area contributed by atoms with Gasteiger partial charge in [-0.05, 0) is 107 Å². The van der Waals surface area contributed by atoms with Crippen LogP contribution in [0.15, 0.2) is 249 Å². The van der Waals surface area contributed by atoms with Crippen molar-refractivity contribution in [1.82, 2.24) is 0 Å². The lowest BCUT2D eigenvalue weighted by atomic mass is 9.67. The van der Waals surface area contributed by atoms with Crippen molar-refractivity contribution < 1.29 is 0 Å². The fraction of sp³-hybridized carbons (Fsp3) is 0.0164. The largest absolute Gasteiger partial charge is 0.309 e. The Morgan fingerprint density at radius 3 is 1.47 bits per heavy atom. The van der Waals surface area contributed by atoms with Crippen molar-refractivity contribution in [3.63, 3.8) is 0 Å². The van der Waals surface area contributed by atoms with Gasteiger partial charge in [0.25, 0.3) is 0 Å². The van der Waals surface area contributed by atoms with E-state index < -0.39 is 5.41 Å². The minimum Gasteiger partial charge on any atom is -0.309 e. The van der Waals surface area contributed by atoms with Gasteiger partial charge in [0.1, 0.15) is 0 Å². The Morgan fingerprint density at radius 2 is 0.790 bits per heavy atom. The third kappa shape index (κ3) is 5.49. The van der Waals surface area contributed by atoms with Gasteiger partial charge in [0.05, 0.1) is 11.1 Å². The van der Waals surface area contributed by atoms with Crippen molar-refractivity contribution in [2.75, 3.05) is 4.90 Å². The summed E-state index contributed by atoms with van der Waals surface area (Å²) >= 11 is 0. The maximum absolute atomic E-state index is 2.53. The average Bonchev–Trinajstić information content (AvgIpc) is 3.65. The summed E-state index contributed by atoms with van der Waals surface area (Å²) in [5.41, 5.74) is 15.2. The van der Waals surface area contributed by atoms with Crippen molar-refractivity contribution in [3.05, 3.63) is 271 Å².